The zero-order chi connectivity index (χ0) is 22.2. The lowest BCUT2D eigenvalue weighted by molar-refractivity contribution is 0.628. The number of hydrogen-bond donors (Lipinski definition) is 0. The van der Waals surface area contributed by atoms with Crippen molar-refractivity contribution >= 4 is 10.9 Å². The number of hydrogen-bond acceptors (Lipinski definition) is 5. The van der Waals surface area contributed by atoms with E-state index in [-0.39, 0.29) is 5.82 Å². The number of halogens is 1. The van der Waals surface area contributed by atoms with E-state index in [0.717, 1.165) is 51.2 Å². The molecule has 0 bridgehead atoms. The Bertz CT molecular complexity index is 1420. The molecule has 7 nitrogen and oxygen atoms in total. The Morgan fingerprint density at radius 2 is 1.84 bits per heavy atom. The van der Waals surface area contributed by atoms with Gasteiger partial charge in [0.05, 0.1) is 28.3 Å². The van der Waals surface area contributed by atoms with Crippen LogP contribution in [0.2, 0.25) is 0 Å². The highest BCUT2D eigenvalue weighted by molar-refractivity contribution is 5.81. The maximum atomic E-state index is 13.4. The molecular weight excluding hydrogens is 405 g/mol. The van der Waals surface area contributed by atoms with Gasteiger partial charge in [-0.25, -0.2) is 19.0 Å². The average molecular weight is 427 g/mol. The third-order valence-corrected chi connectivity index (χ3v) is 5.64. The van der Waals surface area contributed by atoms with Gasteiger partial charge in [0.25, 0.3) is 0 Å². The fourth-order valence-electron chi connectivity index (χ4n) is 4.16. The van der Waals surface area contributed by atoms with Gasteiger partial charge in [-0.15, -0.1) is 0 Å². The van der Waals surface area contributed by atoms with Crippen LogP contribution < -0.4 is 0 Å². The maximum absolute atomic E-state index is 13.4. The molecule has 0 aliphatic heterocycles. The van der Waals surface area contributed by atoms with Crippen molar-refractivity contribution in [3.05, 3.63) is 83.6 Å². The molecule has 5 rings (SSSR count). The van der Waals surface area contributed by atoms with Gasteiger partial charge in [0.2, 0.25) is 0 Å². The van der Waals surface area contributed by atoms with Gasteiger partial charge in [-0.05, 0) is 43.7 Å². The predicted molar refractivity (Wildman–Crippen MR) is 120 cm³/mol. The molecule has 0 atom stereocenters. The van der Waals surface area contributed by atoms with E-state index in [0.29, 0.717) is 12.2 Å². The number of fused-ring (bicyclic) bond motifs is 1. The standard InChI is InChI=1S/C24H22FN7/c1-4-19-21(30-31(3)24(19)16-5-7-17(25)8-6-16)11-18-12-23(28-14-27-18)32-22-9-10-26-13-20(22)15(2)29-32/h5-10,12-14H,4,11H2,1-3H3. The number of rotatable bonds is 5. The third kappa shape index (κ3) is 3.43. The van der Waals surface area contributed by atoms with Crippen LogP contribution in [-0.2, 0) is 19.9 Å². The zero-order valence-corrected chi connectivity index (χ0v) is 18.1. The van der Waals surface area contributed by atoms with Crippen LogP contribution in [0.4, 0.5) is 4.39 Å². The fraction of sp³-hybridized carbons (Fsp3) is 0.208. The fourth-order valence-corrected chi connectivity index (χ4v) is 4.16. The number of pyridine rings is 1. The minimum Gasteiger partial charge on any atom is -0.267 e. The summed E-state index contributed by atoms with van der Waals surface area (Å²) in [7, 11) is 1.92. The lowest BCUT2D eigenvalue weighted by Gasteiger charge is -2.07. The Kier molecular flexibility index (Phi) is 4.97. The molecule has 0 unspecified atom stereocenters. The van der Waals surface area contributed by atoms with E-state index in [4.69, 9.17) is 5.10 Å². The van der Waals surface area contributed by atoms with Crippen molar-refractivity contribution < 1.29 is 4.39 Å². The van der Waals surface area contributed by atoms with Crippen molar-refractivity contribution in [3.8, 4) is 17.1 Å². The molecule has 32 heavy (non-hydrogen) atoms. The highest BCUT2D eigenvalue weighted by atomic mass is 19.1. The van der Waals surface area contributed by atoms with Gasteiger partial charge in [0.15, 0.2) is 5.82 Å². The first kappa shape index (κ1) is 20.0. The summed E-state index contributed by atoms with van der Waals surface area (Å²) < 4.78 is 17.1. The molecule has 1 aromatic carbocycles. The van der Waals surface area contributed by atoms with Crippen molar-refractivity contribution in [3.63, 3.8) is 0 Å². The van der Waals surface area contributed by atoms with Gasteiger partial charge in [-0.2, -0.15) is 10.2 Å². The second kappa shape index (κ2) is 7.96. The summed E-state index contributed by atoms with van der Waals surface area (Å²) in [6.45, 7) is 4.06. The van der Waals surface area contributed by atoms with E-state index < -0.39 is 0 Å². The number of aromatic nitrogens is 7. The maximum Gasteiger partial charge on any atom is 0.157 e. The molecule has 0 N–H and O–H groups in total. The third-order valence-electron chi connectivity index (χ3n) is 5.64. The highest BCUT2D eigenvalue weighted by Gasteiger charge is 2.18. The topological polar surface area (TPSA) is 74.3 Å². The minimum absolute atomic E-state index is 0.250. The molecule has 0 saturated carbocycles. The molecule has 0 fully saturated rings. The van der Waals surface area contributed by atoms with Crippen molar-refractivity contribution in [1.29, 1.82) is 0 Å². The molecule has 0 saturated heterocycles. The van der Waals surface area contributed by atoms with Gasteiger partial charge in [0.1, 0.15) is 12.1 Å². The molecule has 0 amide bonds. The Morgan fingerprint density at radius 1 is 1.03 bits per heavy atom. The number of aryl methyl sites for hydroxylation is 2. The average Bonchev–Trinajstić information content (AvgIpc) is 3.31. The quantitative estimate of drug-likeness (QED) is 0.420. The largest absolute Gasteiger partial charge is 0.267 e. The molecule has 0 aliphatic carbocycles. The van der Waals surface area contributed by atoms with Gasteiger partial charge in [0, 0.05) is 48.4 Å². The van der Waals surface area contributed by atoms with E-state index in [2.05, 4.69) is 27.0 Å². The second-order valence-electron chi connectivity index (χ2n) is 7.69. The number of nitrogens with zero attached hydrogens (tertiary/aromatic N) is 7. The molecule has 0 radical (unpaired) electrons. The summed E-state index contributed by atoms with van der Waals surface area (Å²) in [6, 6.07) is 10.4. The van der Waals surface area contributed by atoms with E-state index in [1.807, 2.05) is 41.7 Å². The van der Waals surface area contributed by atoms with Crippen molar-refractivity contribution in [1.82, 2.24) is 34.5 Å². The van der Waals surface area contributed by atoms with Crippen LogP contribution in [0.5, 0.6) is 0 Å². The van der Waals surface area contributed by atoms with E-state index in [1.165, 1.54) is 12.1 Å². The Balaban J connectivity index is 1.53. The van der Waals surface area contributed by atoms with Crippen LogP contribution in [0.25, 0.3) is 28.0 Å². The van der Waals surface area contributed by atoms with Crippen LogP contribution in [0, 0.1) is 12.7 Å². The Morgan fingerprint density at radius 3 is 2.62 bits per heavy atom. The van der Waals surface area contributed by atoms with Gasteiger partial charge >= 0.3 is 0 Å². The molecule has 0 aliphatic rings. The minimum atomic E-state index is -0.250. The van der Waals surface area contributed by atoms with Crippen molar-refractivity contribution in [2.45, 2.75) is 26.7 Å². The molecule has 5 aromatic rings. The first-order chi connectivity index (χ1) is 15.5. The summed E-state index contributed by atoms with van der Waals surface area (Å²) in [5, 5.41) is 10.4. The lowest BCUT2D eigenvalue weighted by atomic mass is 10.0. The molecule has 0 spiro atoms. The van der Waals surface area contributed by atoms with Crippen LogP contribution in [0.1, 0.15) is 29.6 Å². The predicted octanol–water partition coefficient (Wildman–Crippen LogP) is 4.21. The molecular formula is C24H22FN7. The molecule has 160 valence electrons. The van der Waals surface area contributed by atoms with Crippen LogP contribution in [0.15, 0.2) is 55.1 Å². The van der Waals surface area contributed by atoms with Crippen molar-refractivity contribution in [2.24, 2.45) is 7.05 Å². The SMILES string of the molecule is CCc1c(Cc2cc(-n3nc(C)c4cnccc43)ncn2)nn(C)c1-c1ccc(F)cc1. The van der Waals surface area contributed by atoms with Gasteiger partial charge < -0.3 is 0 Å². The highest BCUT2D eigenvalue weighted by Crippen LogP contribution is 2.28. The lowest BCUT2D eigenvalue weighted by Crippen LogP contribution is -2.04. The molecule has 4 heterocycles. The van der Waals surface area contributed by atoms with Crippen molar-refractivity contribution in [2.75, 3.05) is 0 Å². The smallest absolute Gasteiger partial charge is 0.157 e. The summed E-state index contributed by atoms with van der Waals surface area (Å²) in [6.07, 6.45) is 6.50. The number of benzene rings is 1. The van der Waals surface area contributed by atoms with Gasteiger partial charge in [-0.1, -0.05) is 6.92 Å². The van der Waals surface area contributed by atoms with Crippen LogP contribution in [0.3, 0.4) is 0 Å². The summed E-state index contributed by atoms with van der Waals surface area (Å²) in [5.74, 6) is 0.451. The summed E-state index contributed by atoms with van der Waals surface area (Å²) >= 11 is 0. The van der Waals surface area contributed by atoms with E-state index in [9.17, 15) is 4.39 Å². The Labute approximate surface area is 184 Å². The normalized spacial score (nSPS) is 11.4. The summed E-state index contributed by atoms with van der Waals surface area (Å²) in [5.41, 5.74) is 6.72. The molecule has 8 heteroatoms. The monoisotopic (exact) mass is 427 g/mol. The second-order valence-corrected chi connectivity index (χ2v) is 7.69. The molecule has 4 aromatic heterocycles. The first-order valence-corrected chi connectivity index (χ1v) is 10.5. The Hall–Kier alpha value is -3.94. The van der Waals surface area contributed by atoms with Gasteiger partial charge in [-0.3, -0.25) is 9.67 Å². The van der Waals surface area contributed by atoms with Crippen LogP contribution >= 0.6 is 0 Å². The van der Waals surface area contributed by atoms with E-state index >= 15 is 0 Å². The van der Waals surface area contributed by atoms with Crippen LogP contribution in [-0.4, -0.2) is 34.5 Å². The first-order valence-electron chi connectivity index (χ1n) is 10.5. The summed E-state index contributed by atoms with van der Waals surface area (Å²) in [4.78, 5) is 13.1. The van der Waals surface area contributed by atoms with E-state index in [1.54, 1.807) is 24.7 Å². The zero-order valence-electron chi connectivity index (χ0n) is 18.1.